The maximum atomic E-state index is 13.7. The minimum Gasteiger partial charge on any atom is -0.493 e. The van der Waals surface area contributed by atoms with Crippen molar-refractivity contribution in [2.24, 2.45) is 5.92 Å². The molecule has 0 spiro atoms. The molecule has 1 aliphatic rings. The highest BCUT2D eigenvalue weighted by Gasteiger charge is 2.34. The Kier molecular flexibility index (Phi) is 10.1. The predicted octanol–water partition coefficient (Wildman–Crippen LogP) is 5.40. The molecule has 0 saturated heterocycles. The van der Waals surface area contributed by atoms with E-state index in [1.165, 1.54) is 11.3 Å². The maximum absolute atomic E-state index is 13.7. The topological polar surface area (TPSA) is 67.9 Å². The Morgan fingerprint density at radius 2 is 1.80 bits per heavy atom. The molecule has 0 heterocycles. The number of rotatable bonds is 10. The van der Waals surface area contributed by atoms with Crippen molar-refractivity contribution in [3.05, 3.63) is 58.6 Å². The molecule has 2 amide bonds. The van der Waals surface area contributed by atoms with Gasteiger partial charge in [0.2, 0.25) is 11.8 Å². The third-order valence-electron chi connectivity index (χ3n) is 6.72. The Hall–Kier alpha value is -2.44. The van der Waals surface area contributed by atoms with Gasteiger partial charge < -0.3 is 19.7 Å². The highest BCUT2D eigenvalue weighted by atomic mass is 35.5. The van der Waals surface area contributed by atoms with E-state index < -0.39 is 6.04 Å². The van der Waals surface area contributed by atoms with Gasteiger partial charge in [-0.2, -0.15) is 0 Å². The highest BCUT2D eigenvalue weighted by Crippen LogP contribution is 2.32. The van der Waals surface area contributed by atoms with Crippen LogP contribution < -0.4 is 14.8 Å². The molecule has 6 nitrogen and oxygen atoms in total. The molecule has 0 aliphatic heterocycles. The lowest BCUT2D eigenvalue weighted by Gasteiger charge is -2.35. The SMILES string of the molecule is COc1ccc(CCN(C(=O)CCl)C(C(=O)NC2CCCCC2C)c2ccccc2Cl)cc1OC. The van der Waals surface area contributed by atoms with Crippen molar-refractivity contribution in [1.29, 1.82) is 0 Å². The highest BCUT2D eigenvalue weighted by molar-refractivity contribution is 6.31. The molecule has 8 heteroatoms. The van der Waals surface area contributed by atoms with Crippen LogP contribution in [0.2, 0.25) is 5.02 Å². The van der Waals surface area contributed by atoms with Crippen molar-refractivity contribution < 1.29 is 19.1 Å². The van der Waals surface area contributed by atoms with Crippen LogP contribution in [0.3, 0.4) is 0 Å². The Labute approximate surface area is 217 Å². The summed E-state index contributed by atoms with van der Waals surface area (Å²) in [7, 11) is 3.16. The molecule has 3 rings (SSSR count). The average molecular weight is 521 g/mol. The van der Waals surface area contributed by atoms with Crippen LogP contribution >= 0.6 is 23.2 Å². The number of ether oxygens (including phenoxy) is 2. The number of methoxy groups -OCH3 is 2. The standard InChI is InChI=1S/C27H34Cl2N2O4/c1-18-8-4-7-11-22(18)30-27(33)26(20-9-5-6-10-21(20)29)31(25(32)17-28)15-14-19-12-13-23(34-2)24(16-19)35-3/h5-6,9-10,12-13,16,18,22,26H,4,7-8,11,14-15,17H2,1-3H3,(H,30,33). The molecule has 0 bridgehead atoms. The summed E-state index contributed by atoms with van der Waals surface area (Å²) in [5.74, 6) is 0.807. The summed E-state index contributed by atoms with van der Waals surface area (Å²) >= 11 is 12.5. The average Bonchev–Trinajstić information content (AvgIpc) is 2.87. The third kappa shape index (κ3) is 6.83. The van der Waals surface area contributed by atoms with Gasteiger partial charge in [-0.3, -0.25) is 9.59 Å². The number of carbonyl (C=O) groups is 2. The number of nitrogens with zero attached hydrogens (tertiary/aromatic N) is 1. The van der Waals surface area contributed by atoms with E-state index in [1.807, 2.05) is 24.3 Å². The van der Waals surface area contributed by atoms with Gasteiger partial charge in [-0.25, -0.2) is 0 Å². The fourth-order valence-electron chi connectivity index (χ4n) is 4.70. The van der Waals surface area contributed by atoms with Gasteiger partial charge in [0.05, 0.1) is 14.2 Å². The summed E-state index contributed by atoms with van der Waals surface area (Å²) in [6.45, 7) is 2.44. The maximum Gasteiger partial charge on any atom is 0.247 e. The monoisotopic (exact) mass is 520 g/mol. The predicted molar refractivity (Wildman–Crippen MR) is 139 cm³/mol. The fourth-order valence-corrected chi connectivity index (χ4v) is 5.09. The van der Waals surface area contributed by atoms with E-state index in [0.29, 0.717) is 34.4 Å². The Morgan fingerprint density at radius 3 is 2.46 bits per heavy atom. The van der Waals surface area contributed by atoms with Gasteiger partial charge in [0.15, 0.2) is 11.5 Å². The van der Waals surface area contributed by atoms with Crippen LogP contribution in [0, 0.1) is 5.92 Å². The molecule has 0 aromatic heterocycles. The number of hydrogen-bond acceptors (Lipinski definition) is 4. The second-order valence-electron chi connectivity index (χ2n) is 8.96. The van der Waals surface area contributed by atoms with Crippen molar-refractivity contribution in [2.45, 2.75) is 51.1 Å². The Balaban J connectivity index is 1.91. The van der Waals surface area contributed by atoms with Crippen LogP contribution in [-0.2, 0) is 16.0 Å². The first kappa shape index (κ1) is 27.2. The van der Waals surface area contributed by atoms with Crippen molar-refractivity contribution in [2.75, 3.05) is 26.6 Å². The molecule has 2 aromatic carbocycles. The smallest absolute Gasteiger partial charge is 0.247 e. The molecule has 2 aromatic rings. The molecule has 1 N–H and O–H groups in total. The van der Waals surface area contributed by atoms with Gasteiger partial charge >= 0.3 is 0 Å². The zero-order valence-electron chi connectivity index (χ0n) is 20.6. The number of hydrogen-bond donors (Lipinski definition) is 1. The van der Waals surface area contributed by atoms with Crippen molar-refractivity contribution >= 4 is 35.0 Å². The molecular formula is C27H34Cl2N2O4. The quantitative estimate of drug-likeness (QED) is 0.425. The van der Waals surface area contributed by atoms with Gasteiger partial charge in [0, 0.05) is 23.2 Å². The van der Waals surface area contributed by atoms with Crippen LogP contribution in [0.5, 0.6) is 11.5 Å². The number of alkyl halides is 1. The second-order valence-corrected chi connectivity index (χ2v) is 9.64. The molecule has 1 aliphatic carbocycles. The number of halogens is 2. The number of amides is 2. The van der Waals surface area contributed by atoms with Gasteiger partial charge in [-0.05, 0) is 48.9 Å². The molecule has 0 radical (unpaired) electrons. The van der Waals surface area contributed by atoms with E-state index in [1.54, 1.807) is 32.4 Å². The molecule has 35 heavy (non-hydrogen) atoms. The first-order valence-corrected chi connectivity index (χ1v) is 12.9. The molecule has 190 valence electrons. The summed E-state index contributed by atoms with van der Waals surface area (Å²) in [6, 6.07) is 12.0. The lowest BCUT2D eigenvalue weighted by Crippen LogP contribution is -2.49. The van der Waals surface area contributed by atoms with Gasteiger partial charge in [-0.15, -0.1) is 11.6 Å². The Bertz CT molecular complexity index is 1020. The number of nitrogens with one attached hydrogen (secondary N) is 1. The number of benzene rings is 2. The second kappa shape index (κ2) is 13.0. The van der Waals surface area contributed by atoms with Gasteiger partial charge in [0.1, 0.15) is 11.9 Å². The van der Waals surface area contributed by atoms with Crippen LogP contribution in [-0.4, -0.2) is 49.4 Å². The molecule has 3 atom stereocenters. The van der Waals surface area contributed by atoms with E-state index in [0.717, 1.165) is 24.8 Å². The zero-order chi connectivity index (χ0) is 25.4. The summed E-state index contributed by atoms with van der Waals surface area (Å²) in [6.07, 6.45) is 4.75. The summed E-state index contributed by atoms with van der Waals surface area (Å²) in [4.78, 5) is 28.3. The summed E-state index contributed by atoms with van der Waals surface area (Å²) < 4.78 is 10.7. The summed E-state index contributed by atoms with van der Waals surface area (Å²) in [5.41, 5.74) is 1.52. The fraction of sp³-hybridized carbons (Fsp3) is 0.481. The Morgan fingerprint density at radius 1 is 1.09 bits per heavy atom. The van der Waals surface area contributed by atoms with E-state index in [9.17, 15) is 9.59 Å². The van der Waals surface area contributed by atoms with Crippen LogP contribution in [0.4, 0.5) is 0 Å². The molecular weight excluding hydrogens is 487 g/mol. The minimum atomic E-state index is -0.885. The van der Waals surface area contributed by atoms with E-state index in [-0.39, 0.29) is 30.3 Å². The van der Waals surface area contributed by atoms with Gasteiger partial charge in [0.25, 0.3) is 0 Å². The van der Waals surface area contributed by atoms with Crippen LogP contribution in [0.15, 0.2) is 42.5 Å². The van der Waals surface area contributed by atoms with Gasteiger partial charge in [-0.1, -0.05) is 55.6 Å². The third-order valence-corrected chi connectivity index (χ3v) is 7.30. The van der Waals surface area contributed by atoms with Crippen LogP contribution in [0.1, 0.15) is 49.8 Å². The zero-order valence-corrected chi connectivity index (χ0v) is 22.1. The minimum absolute atomic E-state index is 0.0695. The van der Waals surface area contributed by atoms with Crippen molar-refractivity contribution in [3.63, 3.8) is 0 Å². The normalized spacial score (nSPS) is 18.4. The van der Waals surface area contributed by atoms with Crippen LogP contribution in [0.25, 0.3) is 0 Å². The summed E-state index contributed by atoms with van der Waals surface area (Å²) in [5, 5.41) is 3.65. The molecule has 3 unspecified atom stereocenters. The first-order chi connectivity index (χ1) is 16.9. The van der Waals surface area contributed by atoms with E-state index >= 15 is 0 Å². The largest absolute Gasteiger partial charge is 0.493 e. The molecule has 1 saturated carbocycles. The van der Waals surface area contributed by atoms with Crippen molar-refractivity contribution in [1.82, 2.24) is 10.2 Å². The lowest BCUT2D eigenvalue weighted by molar-refractivity contribution is -0.139. The molecule has 1 fully saturated rings. The van der Waals surface area contributed by atoms with E-state index in [2.05, 4.69) is 12.2 Å². The van der Waals surface area contributed by atoms with Crippen molar-refractivity contribution in [3.8, 4) is 11.5 Å². The number of carbonyl (C=O) groups excluding carboxylic acids is 2. The lowest BCUT2D eigenvalue weighted by atomic mass is 9.85. The first-order valence-electron chi connectivity index (χ1n) is 12.0. The van der Waals surface area contributed by atoms with E-state index in [4.69, 9.17) is 32.7 Å².